The molecule has 2 nitrogen and oxygen atoms in total. The van der Waals surface area contributed by atoms with E-state index < -0.39 is 5.60 Å². The molecule has 1 aliphatic heterocycles. The van der Waals surface area contributed by atoms with E-state index in [9.17, 15) is 5.11 Å². The van der Waals surface area contributed by atoms with E-state index in [4.69, 9.17) is 4.74 Å². The Morgan fingerprint density at radius 3 is 2.84 bits per heavy atom. The zero-order chi connectivity index (χ0) is 13.3. The highest BCUT2D eigenvalue weighted by Gasteiger charge is 2.37. The highest BCUT2D eigenvalue weighted by Crippen LogP contribution is 2.45. The van der Waals surface area contributed by atoms with Crippen LogP contribution in [0.1, 0.15) is 56.6 Å². The van der Waals surface area contributed by atoms with Crippen molar-refractivity contribution in [3.05, 3.63) is 29.3 Å². The van der Waals surface area contributed by atoms with Gasteiger partial charge in [0.1, 0.15) is 5.75 Å². The lowest BCUT2D eigenvalue weighted by atomic mass is 9.73. The smallest absolute Gasteiger partial charge is 0.128 e. The SMILES string of the molecule is CCCC1CCC(O)(c2cccc3c2OCC3)CC1. The van der Waals surface area contributed by atoms with Gasteiger partial charge in [-0.3, -0.25) is 0 Å². The van der Waals surface area contributed by atoms with Crippen LogP contribution in [-0.2, 0) is 12.0 Å². The largest absolute Gasteiger partial charge is 0.493 e. The maximum atomic E-state index is 11.0. The first-order valence-electron chi connectivity index (χ1n) is 7.70. The van der Waals surface area contributed by atoms with E-state index in [-0.39, 0.29) is 0 Å². The van der Waals surface area contributed by atoms with E-state index in [1.807, 2.05) is 0 Å². The molecule has 0 atom stereocenters. The van der Waals surface area contributed by atoms with Crippen molar-refractivity contribution < 1.29 is 9.84 Å². The van der Waals surface area contributed by atoms with E-state index in [0.29, 0.717) is 0 Å². The van der Waals surface area contributed by atoms with Crippen LogP contribution in [0.25, 0.3) is 0 Å². The second-order valence-corrected chi connectivity index (χ2v) is 6.16. The summed E-state index contributed by atoms with van der Waals surface area (Å²) in [6, 6.07) is 6.25. The second kappa shape index (κ2) is 5.16. The second-order valence-electron chi connectivity index (χ2n) is 6.16. The summed E-state index contributed by atoms with van der Waals surface area (Å²) in [5, 5.41) is 11.0. The predicted octanol–water partition coefficient (Wildman–Crippen LogP) is 3.80. The molecule has 0 amide bonds. The van der Waals surface area contributed by atoms with Crippen LogP contribution in [0.3, 0.4) is 0 Å². The molecule has 104 valence electrons. The van der Waals surface area contributed by atoms with E-state index in [1.165, 1.54) is 18.4 Å². The first-order chi connectivity index (χ1) is 9.23. The van der Waals surface area contributed by atoms with Gasteiger partial charge in [-0.05, 0) is 37.2 Å². The Balaban J connectivity index is 1.81. The van der Waals surface area contributed by atoms with E-state index >= 15 is 0 Å². The number of aliphatic hydroxyl groups is 1. The molecule has 0 bridgehead atoms. The summed E-state index contributed by atoms with van der Waals surface area (Å²) < 4.78 is 5.76. The molecule has 19 heavy (non-hydrogen) atoms. The summed E-state index contributed by atoms with van der Waals surface area (Å²) in [6.45, 7) is 3.01. The minimum atomic E-state index is -0.653. The molecule has 1 heterocycles. The Labute approximate surface area is 115 Å². The lowest BCUT2D eigenvalue weighted by Gasteiger charge is -2.37. The molecule has 1 aromatic carbocycles. The standard InChI is InChI=1S/C17H24O2/c1-2-4-13-7-10-17(18,11-8-13)15-6-3-5-14-9-12-19-16(14)15/h3,5-6,13,18H,2,4,7-12H2,1H3. The molecular weight excluding hydrogens is 236 g/mol. The van der Waals surface area contributed by atoms with Crippen molar-refractivity contribution in [2.45, 2.75) is 57.5 Å². The zero-order valence-electron chi connectivity index (χ0n) is 11.8. The third-order valence-electron chi connectivity index (χ3n) is 4.84. The molecule has 0 aromatic heterocycles. The average molecular weight is 260 g/mol. The van der Waals surface area contributed by atoms with Crippen molar-refractivity contribution >= 4 is 0 Å². The fourth-order valence-electron chi connectivity index (χ4n) is 3.70. The third-order valence-corrected chi connectivity index (χ3v) is 4.84. The summed E-state index contributed by atoms with van der Waals surface area (Å²) in [4.78, 5) is 0. The van der Waals surface area contributed by atoms with Crippen LogP contribution in [0.2, 0.25) is 0 Å². The van der Waals surface area contributed by atoms with Crippen molar-refractivity contribution in [3.63, 3.8) is 0 Å². The summed E-state index contributed by atoms with van der Waals surface area (Å²) >= 11 is 0. The van der Waals surface area contributed by atoms with E-state index in [0.717, 1.165) is 55.9 Å². The topological polar surface area (TPSA) is 29.5 Å². The Morgan fingerprint density at radius 2 is 2.11 bits per heavy atom. The maximum Gasteiger partial charge on any atom is 0.128 e. The summed E-state index contributed by atoms with van der Waals surface area (Å²) in [5.74, 6) is 1.78. The number of benzene rings is 1. The van der Waals surface area contributed by atoms with Gasteiger partial charge >= 0.3 is 0 Å². The fraction of sp³-hybridized carbons (Fsp3) is 0.647. The van der Waals surface area contributed by atoms with Crippen LogP contribution in [0.15, 0.2) is 18.2 Å². The van der Waals surface area contributed by atoms with Crippen molar-refractivity contribution in [1.82, 2.24) is 0 Å². The molecule has 1 aliphatic carbocycles. The molecular formula is C17H24O2. The van der Waals surface area contributed by atoms with E-state index in [1.54, 1.807) is 0 Å². The number of para-hydroxylation sites is 1. The van der Waals surface area contributed by atoms with Gasteiger partial charge in [-0.2, -0.15) is 0 Å². The number of hydrogen-bond donors (Lipinski definition) is 1. The number of hydrogen-bond acceptors (Lipinski definition) is 2. The van der Waals surface area contributed by atoms with Gasteiger partial charge in [-0.1, -0.05) is 38.0 Å². The quantitative estimate of drug-likeness (QED) is 0.895. The highest BCUT2D eigenvalue weighted by molar-refractivity contribution is 5.47. The molecule has 3 rings (SSSR count). The van der Waals surface area contributed by atoms with Crippen molar-refractivity contribution in [2.24, 2.45) is 5.92 Å². The lowest BCUT2D eigenvalue weighted by molar-refractivity contribution is -0.0169. The van der Waals surface area contributed by atoms with Crippen LogP contribution in [-0.4, -0.2) is 11.7 Å². The lowest BCUT2D eigenvalue weighted by Crippen LogP contribution is -2.31. The van der Waals surface area contributed by atoms with Gasteiger partial charge in [0.05, 0.1) is 12.2 Å². The predicted molar refractivity (Wildman–Crippen MR) is 76.4 cm³/mol. The molecule has 1 fully saturated rings. The Bertz CT molecular complexity index is 445. The Morgan fingerprint density at radius 1 is 1.32 bits per heavy atom. The van der Waals surface area contributed by atoms with Gasteiger partial charge < -0.3 is 9.84 Å². The maximum absolute atomic E-state index is 11.0. The van der Waals surface area contributed by atoms with Crippen molar-refractivity contribution in [1.29, 1.82) is 0 Å². The normalized spacial score (nSPS) is 29.9. The van der Waals surface area contributed by atoms with Crippen LogP contribution in [0.5, 0.6) is 5.75 Å². The first kappa shape index (κ1) is 13.0. The average Bonchev–Trinajstić information content (AvgIpc) is 2.90. The van der Waals surface area contributed by atoms with Gasteiger partial charge in [-0.15, -0.1) is 0 Å². The minimum Gasteiger partial charge on any atom is -0.493 e. The summed E-state index contributed by atoms with van der Waals surface area (Å²) in [6.07, 6.45) is 7.61. The molecule has 0 spiro atoms. The molecule has 1 aromatic rings. The van der Waals surface area contributed by atoms with Gasteiger partial charge in [0, 0.05) is 12.0 Å². The third kappa shape index (κ3) is 2.38. The van der Waals surface area contributed by atoms with Gasteiger partial charge in [0.15, 0.2) is 0 Å². The Hall–Kier alpha value is -1.02. The number of ether oxygens (including phenoxy) is 1. The summed E-state index contributed by atoms with van der Waals surface area (Å²) in [7, 11) is 0. The van der Waals surface area contributed by atoms with Crippen LogP contribution < -0.4 is 4.74 Å². The minimum absolute atomic E-state index is 0.653. The molecule has 2 aliphatic rings. The molecule has 0 saturated heterocycles. The monoisotopic (exact) mass is 260 g/mol. The number of fused-ring (bicyclic) bond motifs is 1. The molecule has 1 saturated carbocycles. The van der Waals surface area contributed by atoms with Gasteiger partial charge in [-0.25, -0.2) is 0 Å². The first-order valence-corrected chi connectivity index (χ1v) is 7.70. The summed E-state index contributed by atoms with van der Waals surface area (Å²) in [5.41, 5.74) is 1.65. The van der Waals surface area contributed by atoms with E-state index in [2.05, 4.69) is 25.1 Å². The molecule has 0 radical (unpaired) electrons. The Kier molecular flexibility index (Phi) is 3.53. The highest BCUT2D eigenvalue weighted by atomic mass is 16.5. The van der Waals surface area contributed by atoms with Crippen LogP contribution in [0, 0.1) is 5.92 Å². The number of rotatable bonds is 3. The van der Waals surface area contributed by atoms with Gasteiger partial charge in [0.25, 0.3) is 0 Å². The fourth-order valence-corrected chi connectivity index (χ4v) is 3.70. The molecule has 0 unspecified atom stereocenters. The molecule has 1 N–H and O–H groups in total. The van der Waals surface area contributed by atoms with Gasteiger partial charge in [0.2, 0.25) is 0 Å². The molecule has 2 heteroatoms. The zero-order valence-corrected chi connectivity index (χ0v) is 11.8. The van der Waals surface area contributed by atoms with Crippen molar-refractivity contribution in [3.8, 4) is 5.75 Å². The van der Waals surface area contributed by atoms with Crippen LogP contribution in [0.4, 0.5) is 0 Å². The van der Waals surface area contributed by atoms with Crippen LogP contribution >= 0.6 is 0 Å². The van der Waals surface area contributed by atoms with Crippen molar-refractivity contribution in [2.75, 3.05) is 6.61 Å².